The molecule has 4 rings (SSSR count). The van der Waals surface area contributed by atoms with E-state index in [0.29, 0.717) is 12.5 Å². The predicted octanol–water partition coefficient (Wildman–Crippen LogP) is 3.10. The zero-order valence-corrected chi connectivity index (χ0v) is 13.5. The number of carbonyl (C=O) groups excluding carboxylic acids is 1. The Morgan fingerprint density at radius 1 is 1.38 bits per heavy atom. The molecule has 1 aromatic rings. The molecule has 0 saturated carbocycles. The quantitative estimate of drug-likeness (QED) is 0.631. The van der Waals surface area contributed by atoms with Gasteiger partial charge in [0, 0.05) is 12.0 Å². The molecule has 0 bridgehead atoms. The summed E-state index contributed by atoms with van der Waals surface area (Å²) in [6, 6.07) is 6.48. The number of nitrogens with zero attached hydrogens (tertiary/aromatic N) is 1. The lowest BCUT2D eigenvalue weighted by Gasteiger charge is -2.46. The Balaban J connectivity index is 1.73. The molecule has 2 saturated heterocycles. The van der Waals surface area contributed by atoms with Gasteiger partial charge in [0.05, 0.1) is 12.1 Å². The van der Waals surface area contributed by atoms with Crippen LogP contribution in [0.3, 0.4) is 0 Å². The van der Waals surface area contributed by atoms with E-state index >= 15 is 0 Å². The van der Waals surface area contributed by atoms with Crippen molar-refractivity contribution < 1.29 is 9.53 Å². The van der Waals surface area contributed by atoms with E-state index in [4.69, 9.17) is 4.74 Å². The van der Waals surface area contributed by atoms with Crippen molar-refractivity contribution in [3.05, 3.63) is 34.9 Å². The van der Waals surface area contributed by atoms with Crippen LogP contribution >= 0.6 is 0 Å². The first-order chi connectivity index (χ1) is 9.80. The summed E-state index contributed by atoms with van der Waals surface area (Å²) >= 11 is 0. The summed E-state index contributed by atoms with van der Waals surface area (Å²) in [7, 11) is 0. The normalized spacial score (nSPS) is 41.3. The smallest absolute Gasteiger partial charge is 0.329 e. The van der Waals surface area contributed by atoms with Crippen LogP contribution in [-0.2, 0) is 20.6 Å². The Labute approximate surface area is 126 Å². The molecule has 1 aromatic carbocycles. The van der Waals surface area contributed by atoms with Gasteiger partial charge >= 0.3 is 5.97 Å². The Kier molecular flexibility index (Phi) is 2.23. The summed E-state index contributed by atoms with van der Waals surface area (Å²) in [5.74, 6) is 0.357. The van der Waals surface area contributed by atoms with Crippen molar-refractivity contribution in [1.82, 2.24) is 4.90 Å². The van der Waals surface area contributed by atoms with Gasteiger partial charge in [-0.15, -0.1) is 0 Å². The molecule has 0 N–H and O–H groups in total. The second kappa shape index (κ2) is 3.52. The number of benzene rings is 1. The third kappa shape index (κ3) is 1.16. The minimum Gasteiger partial charge on any atom is -0.464 e. The summed E-state index contributed by atoms with van der Waals surface area (Å²) < 4.78 is 5.58. The molecule has 3 unspecified atom stereocenters. The highest BCUT2D eigenvalue weighted by Crippen LogP contribution is 2.82. The average Bonchev–Trinajstić information content (AvgIpc) is 2.82. The van der Waals surface area contributed by atoms with Crippen LogP contribution in [0.25, 0.3) is 0 Å². The molecule has 0 aliphatic carbocycles. The monoisotopic (exact) mass is 285 g/mol. The average molecular weight is 285 g/mol. The number of fused-ring (bicyclic) bond motifs is 4. The minimum absolute atomic E-state index is 0.0201. The summed E-state index contributed by atoms with van der Waals surface area (Å²) in [5.41, 5.74) is 3.58. The summed E-state index contributed by atoms with van der Waals surface area (Å²) in [5, 5.41) is 0. The summed E-state index contributed by atoms with van der Waals surface area (Å²) in [6.45, 7) is 11.3. The molecular weight excluding hydrogens is 262 g/mol. The fourth-order valence-electron chi connectivity index (χ4n) is 5.24. The number of hydrogen-bond acceptors (Lipinski definition) is 3. The van der Waals surface area contributed by atoms with Gasteiger partial charge in [0.2, 0.25) is 0 Å². The first-order valence-corrected chi connectivity index (χ1v) is 7.88. The van der Waals surface area contributed by atoms with Gasteiger partial charge in [-0.05, 0) is 43.4 Å². The van der Waals surface area contributed by atoms with Crippen LogP contribution in [-0.4, -0.2) is 23.0 Å². The van der Waals surface area contributed by atoms with E-state index in [2.05, 4.69) is 57.7 Å². The Hall–Kier alpha value is -1.35. The van der Waals surface area contributed by atoms with E-state index in [0.717, 1.165) is 6.42 Å². The molecule has 2 fully saturated rings. The van der Waals surface area contributed by atoms with Crippen LogP contribution in [0.2, 0.25) is 0 Å². The van der Waals surface area contributed by atoms with Crippen LogP contribution < -0.4 is 0 Å². The Bertz CT molecular complexity index is 667. The number of carbonyl (C=O) groups is 1. The third-order valence-electron chi connectivity index (χ3n) is 5.90. The highest BCUT2D eigenvalue weighted by Gasteiger charge is 2.94. The third-order valence-corrected chi connectivity index (χ3v) is 5.90. The van der Waals surface area contributed by atoms with Gasteiger partial charge in [0.1, 0.15) is 5.54 Å². The fourth-order valence-corrected chi connectivity index (χ4v) is 5.24. The molecule has 3 heteroatoms. The lowest BCUT2D eigenvalue weighted by Crippen LogP contribution is -2.56. The van der Waals surface area contributed by atoms with E-state index in [1.54, 1.807) is 0 Å². The summed E-state index contributed by atoms with van der Waals surface area (Å²) in [6.07, 6.45) is 0.894. The molecule has 3 heterocycles. The molecule has 0 spiro atoms. The number of ether oxygens (including phenoxy) is 1. The van der Waals surface area contributed by atoms with Crippen molar-refractivity contribution in [3.8, 4) is 0 Å². The molecule has 21 heavy (non-hydrogen) atoms. The van der Waals surface area contributed by atoms with Crippen LogP contribution in [0.5, 0.6) is 0 Å². The maximum atomic E-state index is 12.7. The lowest BCUT2D eigenvalue weighted by molar-refractivity contribution is -0.156. The number of esters is 1. The van der Waals surface area contributed by atoms with E-state index in [-0.39, 0.29) is 17.0 Å². The molecule has 3 aliphatic heterocycles. The largest absolute Gasteiger partial charge is 0.464 e. The molecule has 4 atom stereocenters. The minimum atomic E-state index is -0.391. The highest BCUT2D eigenvalue weighted by atomic mass is 16.5. The summed E-state index contributed by atoms with van der Waals surface area (Å²) in [4.78, 5) is 15.0. The zero-order valence-electron chi connectivity index (χ0n) is 13.5. The van der Waals surface area contributed by atoms with E-state index in [1.807, 2.05) is 0 Å². The topological polar surface area (TPSA) is 29.3 Å². The maximum Gasteiger partial charge on any atom is 0.329 e. The fraction of sp³-hybridized carbons (Fsp3) is 0.611. The maximum absolute atomic E-state index is 12.7. The van der Waals surface area contributed by atoms with Gasteiger partial charge in [-0.1, -0.05) is 32.0 Å². The van der Waals surface area contributed by atoms with Gasteiger partial charge in [0.15, 0.2) is 0 Å². The van der Waals surface area contributed by atoms with Crippen molar-refractivity contribution in [3.63, 3.8) is 0 Å². The second-order valence-electron chi connectivity index (χ2n) is 7.71. The Morgan fingerprint density at radius 3 is 2.76 bits per heavy atom. The zero-order chi connectivity index (χ0) is 15.2. The van der Waals surface area contributed by atoms with Crippen molar-refractivity contribution in [2.75, 3.05) is 6.61 Å². The molecule has 3 nitrogen and oxygen atoms in total. The van der Waals surface area contributed by atoms with Gasteiger partial charge in [-0.2, -0.15) is 0 Å². The number of hydrogen-bond donors (Lipinski definition) is 0. The second-order valence-corrected chi connectivity index (χ2v) is 7.71. The first-order valence-electron chi connectivity index (χ1n) is 7.88. The highest BCUT2D eigenvalue weighted by molar-refractivity contribution is 5.93. The van der Waals surface area contributed by atoms with Gasteiger partial charge in [-0.3, -0.25) is 4.90 Å². The molecule has 0 radical (unpaired) electrons. The van der Waals surface area contributed by atoms with Gasteiger partial charge < -0.3 is 4.74 Å². The predicted molar refractivity (Wildman–Crippen MR) is 80.9 cm³/mol. The van der Waals surface area contributed by atoms with E-state index in [9.17, 15) is 4.79 Å². The SMILES string of the molecule is Cc1cccc2c1C1(C)CC3(C(=O)OCC(C)C)N1[C@]23C. The molecule has 0 amide bonds. The van der Waals surface area contributed by atoms with Crippen molar-refractivity contribution in [1.29, 1.82) is 0 Å². The van der Waals surface area contributed by atoms with Crippen LogP contribution in [0.1, 0.15) is 50.8 Å². The van der Waals surface area contributed by atoms with Crippen LogP contribution in [0, 0.1) is 12.8 Å². The van der Waals surface area contributed by atoms with Gasteiger partial charge in [0.25, 0.3) is 0 Å². The van der Waals surface area contributed by atoms with E-state index < -0.39 is 5.54 Å². The molecule has 3 aliphatic rings. The van der Waals surface area contributed by atoms with Gasteiger partial charge in [-0.25, -0.2) is 4.79 Å². The van der Waals surface area contributed by atoms with E-state index in [1.165, 1.54) is 16.7 Å². The molecule has 0 aromatic heterocycles. The van der Waals surface area contributed by atoms with Crippen molar-refractivity contribution in [2.45, 2.75) is 57.7 Å². The standard InChI is InChI=1S/C18H23NO2/c1-11(2)9-21-15(20)18-10-16(4)14-12(3)7-6-8-13(14)17(18,5)19(16)18/h6-8,11H,9-10H2,1-5H3/t16?,17-,18?,19?/m1/s1. The number of rotatable bonds is 3. The first kappa shape index (κ1) is 13.3. The number of aryl methyl sites for hydroxylation is 1. The van der Waals surface area contributed by atoms with Crippen molar-refractivity contribution >= 4 is 5.97 Å². The van der Waals surface area contributed by atoms with Crippen molar-refractivity contribution in [2.24, 2.45) is 5.92 Å². The lowest BCUT2D eigenvalue weighted by atomic mass is 9.65. The Morgan fingerprint density at radius 2 is 2.10 bits per heavy atom. The van der Waals surface area contributed by atoms with Crippen LogP contribution in [0.15, 0.2) is 18.2 Å². The van der Waals surface area contributed by atoms with Crippen LogP contribution in [0.4, 0.5) is 0 Å². The molecule has 112 valence electrons. The molecular formula is C18H23NO2.